The fourth-order valence-electron chi connectivity index (χ4n) is 0.250. The molecule has 0 fully saturated rings. The number of carbonyl (C=O) groups is 1. The summed E-state index contributed by atoms with van der Waals surface area (Å²) in [5.74, 6) is -1.16. The second-order valence-corrected chi connectivity index (χ2v) is 3.43. The fraction of sp³-hybridized carbons (Fsp3) is 0.600. The Hall–Kier alpha value is 0.307. The first kappa shape index (κ1) is 13.9. The van der Waals surface area contributed by atoms with Crippen LogP contribution in [0.25, 0.3) is 0 Å². The van der Waals surface area contributed by atoms with Crippen LogP contribution in [0.4, 0.5) is 0 Å². The zero-order valence-corrected chi connectivity index (χ0v) is 8.42. The minimum absolute atomic E-state index is 0. The van der Waals surface area contributed by atoms with Gasteiger partial charge in [0.25, 0.3) is 0 Å². The van der Waals surface area contributed by atoms with Crippen molar-refractivity contribution in [3.63, 3.8) is 0 Å². The summed E-state index contributed by atoms with van der Waals surface area (Å²) in [6.45, 7) is 0. The van der Waals surface area contributed by atoms with E-state index >= 15 is 0 Å². The maximum Gasteiger partial charge on any atom is 1.00 e. The van der Waals surface area contributed by atoms with Crippen LogP contribution < -0.4 is 24.0 Å². The molecule has 0 unspecified atom stereocenters. The summed E-state index contributed by atoms with van der Waals surface area (Å²) in [5.41, 5.74) is 0. The maximum absolute atomic E-state index is 9.92. The number of nitrogens with zero attached hydrogens (tertiary/aromatic N) is 1. The molecule has 0 rings (SSSR count). The Balaban J connectivity index is 0. The minimum atomic E-state index is -1.09. The predicted octanol–water partition coefficient (Wildman–Crippen LogP) is -3.68. The molecule has 0 saturated carbocycles. The summed E-state index contributed by atoms with van der Waals surface area (Å²) in [6.07, 6.45) is 0. The van der Waals surface area contributed by atoms with Crippen LogP contribution in [0.1, 0.15) is 0 Å². The molecule has 0 aromatic heterocycles. The molecule has 11 heavy (non-hydrogen) atoms. The third-order valence-corrected chi connectivity index (χ3v) is 2.39. The van der Waals surface area contributed by atoms with Gasteiger partial charge in [0.1, 0.15) is 4.32 Å². The van der Waals surface area contributed by atoms with Gasteiger partial charge < -0.3 is 14.8 Å². The number of thiocarbonyl (C=S) groups is 1. The first-order valence-electron chi connectivity index (χ1n) is 2.58. The van der Waals surface area contributed by atoms with E-state index in [0.29, 0.717) is 4.32 Å². The molecule has 0 radical (unpaired) electrons. The number of aliphatic carboxylic acids is 1. The van der Waals surface area contributed by atoms with Crippen LogP contribution in [-0.4, -0.2) is 35.0 Å². The molecule has 6 heteroatoms. The number of carboxylic acids is 1. The molecular formula is C5H8LiNO2S2. The molecule has 0 saturated heterocycles. The van der Waals surface area contributed by atoms with Gasteiger partial charge in [0, 0.05) is 19.8 Å². The van der Waals surface area contributed by atoms with Crippen LogP contribution in [-0.2, 0) is 4.79 Å². The Morgan fingerprint density at radius 3 is 2.36 bits per heavy atom. The quantitative estimate of drug-likeness (QED) is 0.327. The molecular weight excluding hydrogens is 177 g/mol. The van der Waals surface area contributed by atoms with Gasteiger partial charge in [-0.05, 0) is 0 Å². The van der Waals surface area contributed by atoms with E-state index in [9.17, 15) is 9.90 Å². The van der Waals surface area contributed by atoms with E-state index in [1.807, 2.05) is 0 Å². The Morgan fingerprint density at radius 1 is 1.64 bits per heavy atom. The second-order valence-electron chi connectivity index (χ2n) is 1.82. The predicted molar refractivity (Wildman–Crippen MR) is 43.8 cm³/mol. The Labute approximate surface area is 87.7 Å². The van der Waals surface area contributed by atoms with Gasteiger partial charge >= 0.3 is 18.9 Å². The average Bonchev–Trinajstić information content (AvgIpc) is 1.82. The van der Waals surface area contributed by atoms with Crippen molar-refractivity contribution in [3.05, 3.63) is 0 Å². The molecule has 0 aromatic rings. The Morgan fingerprint density at radius 2 is 2.09 bits per heavy atom. The third-order valence-electron chi connectivity index (χ3n) is 0.679. The van der Waals surface area contributed by atoms with Crippen molar-refractivity contribution in [2.75, 3.05) is 19.8 Å². The summed E-state index contributed by atoms with van der Waals surface area (Å²) in [4.78, 5) is 11.6. The van der Waals surface area contributed by atoms with Crippen LogP contribution in [0.2, 0.25) is 0 Å². The van der Waals surface area contributed by atoms with Crippen LogP contribution >= 0.6 is 24.0 Å². The van der Waals surface area contributed by atoms with Crippen LogP contribution in [0.5, 0.6) is 0 Å². The average molecular weight is 185 g/mol. The summed E-state index contributed by atoms with van der Waals surface area (Å²) in [6, 6.07) is 0. The maximum atomic E-state index is 9.92. The molecule has 0 aliphatic rings. The smallest absolute Gasteiger partial charge is 0.549 e. The molecule has 3 nitrogen and oxygen atoms in total. The zero-order chi connectivity index (χ0) is 8.15. The fourth-order valence-corrected chi connectivity index (χ4v) is 0.926. The first-order valence-corrected chi connectivity index (χ1v) is 3.97. The topological polar surface area (TPSA) is 43.4 Å². The first-order chi connectivity index (χ1) is 4.54. The minimum Gasteiger partial charge on any atom is -0.549 e. The molecule has 0 aliphatic carbocycles. The standard InChI is InChI=1S/C5H9NO2S2.Li/c1-6(2)5(9)10-3-4(7)8;/h3H2,1-2H3,(H,7,8);/q;+1/p-1. The van der Waals surface area contributed by atoms with Crippen molar-refractivity contribution in [2.45, 2.75) is 0 Å². The molecule has 0 spiro atoms. The Bertz CT molecular complexity index is 151. The van der Waals surface area contributed by atoms with Gasteiger partial charge in [-0.25, -0.2) is 0 Å². The monoisotopic (exact) mass is 185 g/mol. The van der Waals surface area contributed by atoms with E-state index in [4.69, 9.17) is 12.2 Å². The van der Waals surface area contributed by atoms with Crippen molar-refractivity contribution >= 4 is 34.3 Å². The molecule has 0 bridgehead atoms. The number of carbonyl (C=O) groups excluding carboxylic acids is 1. The number of thioether (sulfide) groups is 1. The van der Waals surface area contributed by atoms with Gasteiger partial charge in [-0.3, -0.25) is 0 Å². The molecule has 0 atom stereocenters. The van der Waals surface area contributed by atoms with E-state index in [-0.39, 0.29) is 24.6 Å². The van der Waals surface area contributed by atoms with Gasteiger partial charge in [0.2, 0.25) is 0 Å². The van der Waals surface area contributed by atoms with E-state index in [1.165, 1.54) is 0 Å². The largest absolute Gasteiger partial charge is 1.00 e. The van der Waals surface area contributed by atoms with Crippen molar-refractivity contribution < 1.29 is 28.8 Å². The Kier molecular flexibility index (Phi) is 8.80. The van der Waals surface area contributed by atoms with Gasteiger partial charge in [0.05, 0.1) is 5.97 Å². The molecule has 0 amide bonds. The van der Waals surface area contributed by atoms with E-state index < -0.39 is 5.97 Å². The number of carboxylic acid groups (broad SMARTS) is 1. The molecule has 58 valence electrons. The summed E-state index contributed by atoms with van der Waals surface area (Å²) < 4.78 is 0.559. The van der Waals surface area contributed by atoms with Crippen molar-refractivity contribution in [1.82, 2.24) is 4.90 Å². The summed E-state index contributed by atoms with van der Waals surface area (Å²) >= 11 is 5.88. The van der Waals surface area contributed by atoms with Gasteiger partial charge in [-0.1, -0.05) is 24.0 Å². The van der Waals surface area contributed by atoms with Crippen LogP contribution in [0.3, 0.4) is 0 Å². The van der Waals surface area contributed by atoms with Gasteiger partial charge in [0.15, 0.2) is 0 Å². The number of hydrogen-bond donors (Lipinski definition) is 0. The molecule has 0 aliphatic heterocycles. The normalized spacial score (nSPS) is 8.18. The SMILES string of the molecule is CN(C)C(=S)SCC(=O)[O-].[Li+]. The van der Waals surface area contributed by atoms with Crippen molar-refractivity contribution in [1.29, 1.82) is 0 Å². The number of hydrogen-bond acceptors (Lipinski definition) is 4. The van der Waals surface area contributed by atoms with E-state index in [1.54, 1.807) is 19.0 Å². The van der Waals surface area contributed by atoms with E-state index in [2.05, 4.69) is 0 Å². The van der Waals surface area contributed by atoms with Crippen LogP contribution in [0, 0.1) is 0 Å². The van der Waals surface area contributed by atoms with E-state index in [0.717, 1.165) is 11.8 Å². The third kappa shape index (κ3) is 8.21. The molecule has 0 aromatic carbocycles. The summed E-state index contributed by atoms with van der Waals surface area (Å²) in [5, 5.41) is 9.92. The molecule has 0 N–H and O–H groups in total. The molecule has 0 heterocycles. The zero-order valence-electron chi connectivity index (χ0n) is 6.79. The van der Waals surface area contributed by atoms with Gasteiger partial charge in [-0.2, -0.15) is 0 Å². The number of rotatable bonds is 2. The summed E-state index contributed by atoms with van der Waals surface area (Å²) in [7, 11) is 3.54. The van der Waals surface area contributed by atoms with Crippen molar-refractivity contribution in [3.8, 4) is 0 Å². The van der Waals surface area contributed by atoms with Crippen molar-refractivity contribution in [2.24, 2.45) is 0 Å². The van der Waals surface area contributed by atoms with Gasteiger partial charge in [-0.15, -0.1) is 0 Å². The second kappa shape index (κ2) is 6.98. The van der Waals surface area contributed by atoms with Crippen LogP contribution in [0.15, 0.2) is 0 Å².